The van der Waals surface area contributed by atoms with Crippen LogP contribution in [0.4, 0.5) is 4.79 Å². The van der Waals surface area contributed by atoms with E-state index in [2.05, 4.69) is 6.58 Å². The molecule has 0 bridgehead atoms. The van der Waals surface area contributed by atoms with Crippen LogP contribution in [0.15, 0.2) is 12.7 Å². The summed E-state index contributed by atoms with van der Waals surface area (Å²) in [6.07, 6.45) is 1.08. The first-order chi connectivity index (χ1) is 8.08. The number of carboxylic acids is 1. The van der Waals surface area contributed by atoms with Crippen molar-refractivity contribution in [1.82, 2.24) is 4.90 Å². The fourth-order valence-corrected chi connectivity index (χ4v) is 1.77. The molecule has 1 aliphatic rings. The number of carboxylic acid groups (broad SMARTS) is 1. The molecule has 0 aromatic heterocycles. The van der Waals surface area contributed by atoms with Crippen molar-refractivity contribution in [2.24, 2.45) is 5.92 Å². The van der Waals surface area contributed by atoms with Gasteiger partial charge in [-0.25, -0.2) is 4.79 Å². The molecule has 0 radical (unpaired) electrons. The van der Waals surface area contributed by atoms with Crippen LogP contribution in [-0.4, -0.2) is 55.0 Å². The monoisotopic (exact) mass is 243 g/mol. The van der Waals surface area contributed by atoms with Gasteiger partial charge in [0.2, 0.25) is 0 Å². The molecule has 1 saturated heterocycles. The Labute approximate surface area is 99.8 Å². The highest BCUT2D eigenvalue weighted by Gasteiger charge is 2.34. The lowest BCUT2D eigenvalue weighted by atomic mass is 9.96. The molecule has 96 valence electrons. The van der Waals surface area contributed by atoms with E-state index < -0.39 is 18.0 Å². The number of nitrogens with zero attached hydrogens (tertiary/aromatic N) is 1. The summed E-state index contributed by atoms with van der Waals surface area (Å²) in [6, 6.07) is 0. The molecule has 1 aliphatic heterocycles. The minimum Gasteiger partial charge on any atom is -0.481 e. The molecule has 6 heteroatoms. The Hall–Kier alpha value is -1.56. The maximum absolute atomic E-state index is 11.6. The van der Waals surface area contributed by atoms with Crippen LogP contribution in [0.1, 0.15) is 6.42 Å². The Kier molecular flexibility index (Phi) is 4.96. The summed E-state index contributed by atoms with van der Waals surface area (Å²) >= 11 is 0. The number of rotatable bonds is 4. The Morgan fingerprint density at radius 3 is 2.76 bits per heavy atom. The summed E-state index contributed by atoms with van der Waals surface area (Å²) in [5.74, 6) is -1.53. The first kappa shape index (κ1) is 13.5. The van der Waals surface area contributed by atoms with E-state index in [4.69, 9.17) is 14.6 Å². The van der Waals surface area contributed by atoms with Crippen LogP contribution >= 0.6 is 0 Å². The fraction of sp³-hybridized carbons (Fsp3) is 0.636. The third-order valence-corrected chi connectivity index (χ3v) is 2.68. The number of piperidine rings is 1. The van der Waals surface area contributed by atoms with E-state index in [9.17, 15) is 9.59 Å². The van der Waals surface area contributed by atoms with Crippen LogP contribution in [0, 0.1) is 5.92 Å². The lowest BCUT2D eigenvalue weighted by Gasteiger charge is -2.34. The van der Waals surface area contributed by atoms with E-state index in [0.29, 0.717) is 13.0 Å². The van der Waals surface area contributed by atoms with Crippen molar-refractivity contribution >= 4 is 12.1 Å². The lowest BCUT2D eigenvalue weighted by molar-refractivity contribution is -0.145. The molecule has 6 nitrogen and oxygen atoms in total. The Morgan fingerprint density at radius 2 is 2.24 bits per heavy atom. The molecular weight excluding hydrogens is 226 g/mol. The van der Waals surface area contributed by atoms with Crippen molar-refractivity contribution in [3.8, 4) is 0 Å². The first-order valence-electron chi connectivity index (χ1n) is 5.36. The van der Waals surface area contributed by atoms with Gasteiger partial charge in [-0.3, -0.25) is 4.79 Å². The van der Waals surface area contributed by atoms with Crippen LogP contribution in [0.2, 0.25) is 0 Å². The molecule has 1 fully saturated rings. The van der Waals surface area contributed by atoms with Crippen molar-refractivity contribution in [2.45, 2.75) is 12.5 Å². The number of aliphatic carboxylic acids is 1. The van der Waals surface area contributed by atoms with Gasteiger partial charge in [0, 0.05) is 13.7 Å². The third-order valence-electron chi connectivity index (χ3n) is 2.68. The number of ether oxygens (including phenoxy) is 2. The van der Waals surface area contributed by atoms with E-state index in [1.54, 1.807) is 0 Å². The molecule has 0 aromatic carbocycles. The molecule has 0 aliphatic carbocycles. The first-order valence-corrected chi connectivity index (χ1v) is 5.36. The molecule has 17 heavy (non-hydrogen) atoms. The van der Waals surface area contributed by atoms with Gasteiger partial charge < -0.3 is 19.5 Å². The summed E-state index contributed by atoms with van der Waals surface area (Å²) < 4.78 is 10.00. The summed E-state index contributed by atoms with van der Waals surface area (Å²) in [7, 11) is 1.50. The van der Waals surface area contributed by atoms with Crippen molar-refractivity contribution < 1.29 is 24.2 Å². The highest BCUT2D eigenvalue weighted by molar-refractivity contribution is 5.73. The van der Waals surface area contributed by atoms with Gasteiger partial charge in [0.1, 0.15) is 6.61 Å². The second-order valence-corrected chi connectivity index (χ2v) is 3.90. The molecule has 1 heterocycles. The predicted octanol–water partition coefficient (Wildman–Crippen LogP) is 0.731. The van der Waals surface area contributed by atoms with Crippen LogP contribution in [0.25, 0.3) is 0 Å². The van der Waals surface area contributed by atoms with Crippen LogP contribution < -0.4 is 0 Å². The molecule has 1 rings (SSSR count). The summed E-state index contributed by atoms with van der Waals surface area (Å²) in [6.45, 7) is 4.07. The molecule has 0 saturated carbocycles. The van der Waals surface area contributed by atoms with Crippen LogP contribution in [0.3, 0.4) is 0 Å². The molecule has 0 unspecified atom stereocenters. The molecule has 0 spiro atoms. The molecule has 0 aromatic rings. The number of hydrogen-bond acceptors (Lipinski definition) is 4. The SMILES string of the molecule is C=CCOC(=O)N1C[C@@H](OC)C[C@@H](C(=O)O)C1. The number of likely N-dealkylation sites (tertiary alicyclic amines) is 1. The standard InChI is InChI=1S/C11H17NO5/c1-3-4-17-11(15)12-6-8(10(13)14)5-9(7-12)16-2/h3,8-9H,1,4-7H2,2H3,(H,13,14)/t8-,9+/m1/s1. The zero-order chi connectivity index (χ0) is 12.8. The smallest absolute Gasteiger partial charge is 0.410 e. The van der Waals surface area contributed by atoms with E-state index in [1.165, 1.54) is 18.1 Å². The number of carbonyl (C=O) groups excluding carboxylic acids is 1. The van der Waals surface area contributed by atoms with Gasteiger partial charge in [0.15, 0.2) is 0 Å². The van der Waals surface area contributed by atoms with Crippen molar-refractivity contribution in [2.75, 3.05) is 26.8 Å². The normalized spacial score (nSPS) is 24.2. The fourth-order valence-electron chi connectivity index (χ4n) is 1.77. The van der Waals surface area contributed by atoms with Crippen molar-refractivity contribution in [3.63, 3.8) is 0 Å². The molecule has 2 atom stereocenters. The number of carbonyl (C=O) groups is 2. The van der Waals surface area contributed by atoms with Gasteiger partial charge in [0.25, 0.3) is 0 Å². The zero-order valence-corrected chi connectivity index (χ0v) is 9.80. The maximum Gasteiger partial charge on any atom is 0.410 e. The molecule has 1 N–H and O–H groups in total. The van der Waals surface area contributed by atoms with Gasteiger partial charge in [-0.2, -0.15) is 0 Å². The largest absolute Gasteiger partial charge is 0.481 e. The Bertz CT molecular complexity index is 304. The van der Waals surface area contributed by atoms with Gasteiger partial charge >= 0.3 is 12.1 Å². The predicted molar refractivity (Wildman–Crippen MR) is 59.7 cm³/mol. The molecule has 1 amide bonds. The lowest BCUT2D eigenvalue weighted by Crippen LogP contribution is -2.49. The highest BCUT2D eigenvalue weighted by Crippen LogP contribution is 2.19. The quantitative estimate of drug-likeness (QED) is 0.737. The molecular formula is C11H17NO5. The zero-order valence-electron chi connectivity index (χ0n) is 9.80. The van der Waals surface area contributed by atoms with E-state index >= 15 is 0 Å². The average Bonchev–Trinajstić information content (AvgIpc) is 2.35. The Balaban J connectivity index is 2.61. The van der Waals surface area contributed by atoms with E-state index in [1.807, 2.05) is 0 Å². The summed E-state index contributed by atoms with van der Waals surface area (Å²) in [5, 5.41) is 8.98. The van der Waals surface area contributed by atoms with Crippen LogP contribution in [0.5, 0.6) is 0 Å². The summed E-state index contributed by atoms with van der Waals surface area (Å²) in [5.41, 5.74) is 0. The topological polar surface area (TPSA) is 76.1 Å². The second kappa shape index (κ2) is 6.24. The van der Waals surface area contributed by atoms with Gasteiger partial charge in [0.05, 0.1) is 18.6 Å². The summed E-state index contributed by atoms with van der Waals surface area (Å²) in [4.78, 5) is 23.9. The minimum atomic E-state index is -0.923. The van der Waals surface area contributed by atoms with Crippen molar-refractivity contribution in [3.05, 3.63) is 12.7 Å². The minimum absolute atomic E-state index is 0.116. The van der Waals surface area contributed by atoms with Gasteiger partial charge in [-0.15, -0.1) is 0 Å². The van der Waals surface area contributed by atoms with Gasteiger partial charge in [-0.1, -0.05) is 12.7 Å². The van der Waals surface area contributed by atoms with Gasteiger partial charge in [-0.05, 0) is 6.42 Å². The number of methoxy groups -OCH3 is 1. The number of amides is 1. The average molecular weight is 243 g/mol. The van der Waals surface area contributed by atoms with Crippen molar-refractivity contribution in [1.29, 1.82) is 0 Å². The van der Waals surface area contributed by atoms with E-state index in [-0.39, 0.29) is 19.3 Å². The second-order valence-electron chi connectivity index (χ2n) is 3.90. The number of hydrogen-bond donors (Lipinski definition) is 1. The van der Waals surface area contributed by atoms with E-state index in [0.717, 1.165) is 0 Å². The third kappa shape index (κ3) is 3.74. The maximum atomic E-state index is 11.6. The van der Waals surface area contributed by atoms with Crippen LogP contribution in [-0.2, 0) is 14.3 Å². The highest BCUT2D eigenvalue weighted by atomic mass is 16.6. The Morgan fingerprint density at radius 1 is 1.53 bits per heavy atom.